The van der Waals surface area contributed by atoms with Crippen molar-refractivity contribution in [3.8, 4) is 0 Å². The van der Waals surface area contributed by atoms with Gasteiger partial charge in [-0.15, -0.1) is 0 Å². The molecule has 6 heteroatoms. The minimum Gasteiger partial charge on any atom is -0.465 e. The third-order valence-electron chi connectivity index (χ3n) is 4.07. The van der Waals surface area contributed by atoms with Crippen LogP contribution in [0, 0.1) is 12.3 Å². The van der Waals surface area contributed by atoms with E-state index >= 15 is 0 Å². The lowest BCUT2D eigenvalue weighted by atomic mass is 9.80. The number of aromatic nitrogens is 1. The Hall–Kier alpha value is -1.98. The van der Waals surface area contributed by atoms with Gasteiger partial charge in [0.15, 0.2) is 0 Å². The lowest BCUT2D eigenvalue weighted by Crippen LogP contribution is -2.45. The number of aromatic amines is 1. The molecule has 2 heterocycles. The van der Waals surface area contributed by atoms with E-state index in [1.54, 1.807) is 6.92 Å². The highest BCUT2D eigenvalue weighted by Gasteiger charge is 2.30. The van der Waals surface area contributed by atoms with Gasteiger partial charge in [0.2, 0.25) is 0 Å². The van der Waals surface area contributed by atoms with Gasteiger partial charge in [0, 0.05) is 25.2 Å². The molecular weight excluding hydrogens is 258 g/mol. The first-order valence-electron chi connectivity index (χ1n) is 6.81. The molecule has 1 saturated heterocycles. The fourth-order valence-electron chi connectivity index (χ4n) is 2.47. The van der Waals surface area contributed by atoms with Crippen LogP contribution in [0.2, 0.25) is 0 Å². The van der Waals surface area contributed by atoms with Gasteiger partial charge in [-0.2, -0.15) is 0 Å². The summed E-state index contributed by atoms with van der Waals surface area (Å²) in [5.41, 5.74) is 0.643. The fourth-order valence-corrected chi connectivity index (χ4v) is 2.47. The number of carboxylic acid groups (broad SMARTS) is 1. The number of anilines is 1. The Morgan fingerprint density at radius 3 is 2.65 bits per heavy atom. The highest BCUT2D eigenvalue weighted by Crippen LogP contribution is 2.31. The minimum atomic E-state index is -0.975. The molecule has 1 aliphatic heterocycles. The van der Waals surface area contributed by atoms with E-state index in [1.807, 2.05) is 12.1 Å². The zero-order valence-electron chi connectivity index (χ0n) is 11.9. The summed E-state index contributed by atoms with van der Waals surface area (Å²) in [6.07, 6.45) is 0.809. The molecule has 0 unspecified atom stereocenters. The largest absolute Gasteiger partial charge is 0.465 e. The van der Waals surface area contributed by atoms with Crippen LogP contribution in [-0.2, 0) is 0 Å². The number of nitrogens with one attached hydrogen (secondary N) is 2. The molecule has 0 bridgehead atoms. The predicted octanol–water partition coefficient (Wildman–Crippen LogP) is 1.56. The summed E-state index contributed by atoms with van der Waals surface area (Å²) < 4.78 is 0. The molecule has 0 aromatic carbocycles. The zero-order chi connectivity index (χ0) is 14.8. The first kappa shape index (κ1) is 14.4. The molecule has 1 fully saturated rings. The Morgan fingerprint density at radius 1 is 1.45 bits per heavy atom. The quantitative estimate of drug-likeness (QED) is 0.783. The number of H-pyrrole nitrogens is 1. The third kappa shape index (κ3) is 3.31. The van der Waals surface area contributed by atoms with Gasteiger partial charge in [-0.1, -0.05) is 13.0 Å². The molecule has 110 valence electrons. The SMILES string of the molecule is Cc1ccc(N2CCC(C)(CNC(=O)O)CC2)[nH]c1=O. The average molecular weight is 279 g/mol. The number of carbonyl (C=O) groups is 1. The van der Waals surface area contributed by atoms with Crippen molar-refractivity contribution >= 4 is 11.9 Å². The van der Waals surface area contributed by atoms with Gasteiger partial charge in [0.05, 0.1) is 0 Å². The van der Waals surface area contributed by atoms with E-state index in [4.69, 9.17) is 5.11 Å². The first-order chi connectivity index (χ1) is 9.39. The van der Waals surface area contributed by atoms with E-state index in [9.17, 15) is 9.59 Å². The maximum absolute atomic E-state index is 11.6. The molecule has 6 nitrogen and oxygen atoms in total. The monoisotopic (exact) mass is 279 g/mol. The van der Waals surface area contributed by atoms with Crippen molar-refractivity contribution in [1.82, 2.24) is 10.3 Å². The minimum absolute atomic E-state index is 0.0140. The molecule has 1 aromatic rings. The van der Waals surface area contributed by atoms with Gasteiger partial charge in [-0.05, 0) is 31.2 Å². The summed E-state index contributed by atoms with van der Waals surface area (Å²) in [4.78, 5) is 27.2. The van der Waals surface area contributed by atoms with Crippen LogP contribution in [0.25, 0.3) is 0 Å². The summed E-state index contributed by atoms with van der Waals surface area (Å²) in [6, 6.07) is 3.75. The van der Waals surface area contributed by atoms with Crippen LogP contribution in [0.15, 0.2) is 16.9 Å². The number of rotatable bonds is 3. The highest BCUT2D eigenvalue weighted by atomic mass is 16.4. The van der Waals surface area contributed by atoms with Crippen molar-refractivity contribution in [3.05, 3.63) is 28.0 Å². The lowest BCUT2D eigenvalue weighted by Gasteiger charge is -2.40. The van der Waals surface area contributed by atoms with E-state index < -0.39 is 6.09 Å². The van der Waals surface area contributed by atoms with Gasteiger partial charge in [-0.25, -0.2) is 4.79 Å². The van der Waals surface area contributed by atoms with E-state index in [1.165, 1.54) is 0 Å². The number of hydrogen-bond donors (Lipinski definition) is 3. The summed E-state index contributed by atoms with van der Waals surface area (Å²) in [6.45, 7) is 5.99. The van der Waals surface area contributed by atoms with Crippen LogP contribution in [0.1, 0.15) is 25.3 Å². The highest BCUT2D eigenvalue weighted by molar-refractivity contribution is 5.64. The van der Waals surface area contributed by atoms with Crippen LogP contribution >= 0.6 is 0 Å². The molecule has 0 saturated carbocycles. The van der Waals surface area contributed by atoms with Crippen molar-refractivity contribution < 1.29 is 9.90 Å². The molecule has 2 rings (SSSR count). The summed E-state index contributed by atoms with van der Waals surface area (Å²) in [7, 11) is 0. The molecule has 1 aliphatic rings. The summed E-state index contributed by atoms with van der Waals surface area (Å²) >= 11 is 0. The van der Waals surface area contributed by atoms with Crippen LogP contribution in [-0.4, -0.2) is 35.8 Å². The smallest absolute Gasteiger partial charge is 0.404 e. The molecule has 1 amide bonds. The number of aryl methyl sites for hydroxylation is 1. The Balaban J connectivity index is 1.98. The second-order valence-electron chi connectivity index (χ2n) is 5.81. The zero-order valence-corrected chi connectivity index (χ0v) is 11.9. The number of hydrogen-bond acceptors (Lipinski definition) is 3. The second kappa shape index (κ2) is 5.56. The first-order valence-corrected chi connectivity index (χ1v) is 6.81. The van der Waals surface area contributed by atoms with Crippen LogP contribution in [0.4, 0.5) is 10.6 Å². The molecule has 0 aliphatic carbocycles. The van der Waals surface area contributed by atoms with Crippen molar-refractivity contribution in [2.45, 2.75) is 26.7 Å². The molecule has 0 spiro atoms. The third-order valence-corrected chi connectivity index (χ3v) is 4.07. The second-order valence-corrected chi connectivity index (χ2v) is 5.81. The molecular formula is C14H21N3O3. The normalized spacial score (nSPS) is 17.8. The van der Waals surface area contributed by atoms with Gasteiger partial charge in [0.25, 0.3) is 5.56 Å². The van der Waals surface area contributed by atoms with Crippen LogP contribution in [0.5, 0.6) is 0 Å². The van der Waals surface area contributed by atoms with Crippen molar-refractivity contribution in [2.24, 2.45) is 5.41 Å². The molecule has 0 radical (unpaired) electrons. The maximum Gasteiger partial charge on any atom is 0.404 e. The number of pyridine rings is 1. The number of amides is 1. The summed E-state index contributed by atoms with van der Waals surface area (Å²) in [5, 5.41) is 11.2. The van der Waals surface area contributed by atoms with E-state index in [2.05, 4.69) is 22.1 Å². The summed E-state index contributed by atoms with van der Waals surface area (Å²) in [5.74, 6) is 0.842. The van der Waals surface area contributed by atoms with Crippen molar-refractivity contribution in [2.75, 3.05) is 24.5 Å². The topological polar surface area (TPSA) is 85.4 Å². The van der Waals surface area contributed by atoms with E-state index in [-0.39, 0.29) is 11.0 Å². The fraction of sp³-hybridized carbons (Fsp3) is 0.571. The Labute approximate surface area is 117 Å². The van der Waals surface area contributed by atoms with Crippen LogP contribution < -0.4 is 15.8 Å². The Morgan fingerprint density at radius 2 is 2.10 bits per heavy atom. The molecule has 0 atom stereocenters. The average Bonchev–Trinajstić information content (AvgIpc) is 2.41. The van der Waals surface area contributed by atoms with Gasteiger partial charge < -0.3 is 20.3 Å². The number of piperidine rings is 1. The molecule has 20 heavy (non-hydrogen) atoms. The van der Waals surface area contributed by atoms with E-state index in [0.717, 1.165) is 31.7 Å². The van der Waals surface area contributed by atoms with E-state index in [0.29, 0.717) is 12.1 Å². The number of nitrogens with zero attached hydrogens (tertiary/aromatic N) is 1. The molecule has 1 aromatic heterocycles. The predicted molar refractivity (Wildman–Crippen MR) is 77.4 cm³/mol. The standard InChI is InChI=1S/C14H21N3O3/c1-10-3-4-11(16-12(10)18)17-7-5-14(2,6-8-17)9-15-13(19)20/h3-4,15H,5-9H2,1-2H3,(H,16,18)(H,19,20). The van der Waals surface area contributed by atoms with Crippen molar-refractivity contribution in [1.29, 1.82) is 0 Å². The van der Waals surface area contributed by atoms with Crippen LogP contribution in [0.3, 0.4) is 0 Å². The Bertz CT molecular complexity index is 545. The van der Waals surface area contributed by atoms with Gasteiger partial charge in [0.1, 0.15) is 5.82 Å². The van der Waals surface area contributed by atoms with Gasteiger partial charge >= 0.3 is 6.09 Å². The van der Waals surface area contributed by atoms with Crippen molar-refractivity contribution in [3.63, 3.8) is 0 Å². The Kier molecular flexibility index (Phi) is 4.01. The maximum atomic E-state index is 11.6. The lowest BCUT2D eigenvalue weighted by molar-refractivity contribution is 0.178. The van der Waals surface area contributed by atoms with Gasteiger partial charge in [-0.3, -0.25) is 4.79 Å². The molecule has 3 N–H and O–H groups in total.